The third-order valence-electron chi connectivity index (χ3n) is 4.66. The van der Waals surface area contributed by atoms with E-state index < -0.39 is 6.23 Å². The van der Waals surface area contributed by atoms with Crippen molar-refractivity contribution in [3.63, 3.8) is 0 Å². The Kier molecular flexibility index (Phi) is 4.22. The van der Waals surface area contributed by atoms with Crippen molar-refractivity contribution in [2.45, 2.75) is 19.1 Å². The fraction of sp³-hybridized carbons (Fsp3) is 0.263. The highest BCUT2D eigenvalue weighted by Crippen LogP contribution is 2.33. The van der Waals surface area contributed by atoms with Crippen molar-refractivity contribution < 1.29 is 14.7 Å². The van der Waals surface area contributed by atoms with E-state index in [0.29, 0.717) is 42.7 Å². The van der Waals surface area contributed by atoms with Crippen LogP contribution < -0.4 is 0 Å². The Labute approximate surface area is 150 Å². The number of fused-ring (bicyclic) bond motifs is 2. The number of carbonyl (C=O) groups excluding carboxylic acids is 2. The second-order valence-electron chi connectivity index (χ2n) is 6.30. The lowest BCUT2D eigenvalue weighted by molar-refractivity contribution is -0.00854. The highest BCUT2D eigenvalue weighted by atomic mass is 16.3. The molecule has 0 spiro atoms. The molecule has 0 saturated heterocycles. The first-order chi connectivity index (χ1) is 12.7. The van der Waals surface area contributed by atoms with Crippen LogP contribution in [0.1, 0.15) is 45.3 Å². The van der Waals surface area contributed by atoms with E-state index in [2.05, 4.69) is 10.3 Å². The Hall–Kier alpha value is -3.06. The fourth-order valence-corrected chi connectivity index (χ4v) is 3.26. The molecule has 2 aromatic carbocycles. The first-order valence-corrected chi connectivity index (χ1v) is 8.57. The van der Waals surface area contributed by atoms with Crippen LogP contribution in [0.4, 0.5) is 5.69 Å². The van der Waals surface area contributed by atoms with Gasteiger partial charge in [0.1, 0.15) is 0 Å². The molecule has 0 bridgehead atoms. The number of nitrogens with zero attached hydrogens (tertiary/aromatic N) is 4. The summed E-state index contributed by atoms with van der Waals surface area (Å²) >= 11 is 0. The maximum atomic E-state index is 12.3. The molecule has 26 heavy (non-hydrogen) atoms. The molecule has 2 aliphatic heterocycles. The molecule has 132 valence electrons. The lowest BCUT2D eigenvalue weighted by Crippen LogP contribution is -2.31. The Morgan fingerprint density at radius 1 is 0.885 bits per heavy atom. The van der Waals surface area contributed by atoms with Crippen molar-refractivity contribution in [2.75, 3.05) is 13.1 Å². The van der Waals surface area contributed by atoms with Crippen LogP contribution >= 0.6 is 0 Å². The predicted octanol–water partition coefficient (Wildman–Crippen LogP) is 3.07. The standard InChI is InChI=1S/C19H18N4O3/c24-17-13-7-1-2-8-14(13)18(25)22(17)11-5-6-12-23-19(26)15-9-3-4-10-16(15)20-21-23/h1-4,7-10,19,26H,5-6,11-12H2. The number of hydrogen-bond donors (Lipinski definition) is 1. The summed E-state index contributed by atoms with van der Waals surface area (Å²) in [5.41, 5.74) is 2.33. The van der Waals surface area contributed by atoms with Crippen molar-refractivity contribution in [1.82, 2.24) is 9.91 Å². The largest absolute Gasteiger partial charge is 0.368 e. The summed E-state index contributed by atoms with van der Waals surface area (Å²) in [6.07, 6.45) is 0.473. The minimum atomic E-state index is -0.831. The smallest absolute Gasteiger partial charge is 0.261 e. The topological polar surface area (TPSA) is 85.6 Å². The summed E-state index contributed by atoms with van der Waals surface area (Å²) in [6, 6.07) is 14.2. The molecule has 0 radical (unpaired) electrons. The van der Waals surface area contributed by atoms with Gasteiger partial charge in [-0.1, -0.05) is 35.6 Å². The Morgan fingerprint density at radius 2 is 1.50 bits per heavy atom. The van der Waals surface area contributed by atoms with Crippen molar-refractivity contribution >= 4 is 17.5 Å². The summed E-state index contributed by atoms with van der Waals surface area (Å²) in [4.78, 5) is 25.9. The number of aliphatic hydroxyl groups excluding tert-OH is 1. The van der Waals surface area contributed by atoms with E-state index in [4.69, 9.17) is 0 Å². The summed E-state index contributed by atoms with van der Waals surface area (Å²) in [5.74, 6) is -0.477. The van der Waals surface area contributed by atoms with E-state index >= 15 is 0 Å². The fourth-order valence-electron chi connectivity index (χ4n) is 3.26. The number of imide groups is 1. The van der Waals surface area contributed by atoms with Crippen LogP contribution in [0.25, 0.3) is 0 Å². The molecular formula is C19H18N4O3. The van der Waals surface area contributed by atoms with E-state index in [1.54, 1.807) is 24.3 Å². The van der Waals surface area contributed by atoms with Crippen LogP contribution in [0.5, 0.6) is 0 Å². The molecule has 4 rings (SSSR count). The number of benzene rings is 2. The van der Waals surface area contributed by atoms with Gasteiger partial charge in [0.2, 0.25) is 0 Å². The minimum Gasteiger partial charge on any atom is -0.368 e. The van der Waals surface area contributed by atoms with Crippen LogP contribution in [0.3, 0.4) is 0 Å². The third kappa shape index (κ3) is 2.76. The predicted molar refractivity (Wildman–Crippen MR) is 93.7 cm³/mol. The molecule has 0 aliphatic carbocycles. The van der Waals surface area contributed by atoms with Gasteiger partial charge in [-0.25, -0.2) is 5.01 Å². The molecule has 2 aromatic rings. The number of amides is 2. The number of carbonyl (C=O) groups is 2. The van der Waals surface area contributed by atoms with E-state index in [0.717, 1.165) is 5.56 Å². The summed E-state index contributed by atoms with van der Waals surface area (Å²) < 4.78 is 0. The zero-order valence-electron chi connectivity index (χ0n) is 14.1. The molecule has 2 heterocycles. The third-order valence-corrected chi connectivity index (χ3v) is 4.66. The zero-order chi connectivity index (χ0) is 18.1. The van der Waals surface area contributed by atoms with Crippen molar-refractivity contribution in [3.05, 3.63) is 65.2 Å². The highest BCUT2D eigenvalue weighted by Gasteiger charge is 2.34. The summed E-state index contributed by atoms with van der Waals surface area (Å²) in [5, 5.41) is 20.1. The molecule has 0 saturated carbocycles. The minimum absolute atomic E-state index is 0.239. The molecule has 1 unspecified atom stereocenters. The summed E-state index contributed by atoms with van der Waals surface area (Å²) in [7, 11) is 0. The maximum Gasteiger partial charge on any atom is 0.261 e. The monoisotopic (exact) mass is 350 g/mol. The molecule has 1 atom stereocenters. The second kappa shape index (κ2) is 6.68. The van der Waals surface area contributed by atoms with Gasteiger partial charge in [-0.15, -0.1) is 5.11 Å². The van der Waals surface area contributed by atoms with Crippen molar-refractivity contribution in [2.24, 2.45) is 10.3 Å². The van der Waals surface area contributed by atoms with Gasteiger partial charge in [0, 0.05) is 18.7 Å². The molecule has 1 N–H and O–H groups in total. The van der Waals surface area contributed by atoms with Crippen LogP contribution in [-0.2, 0) is 0 Å². The van der Waals surface area contributed by atoms with Crippen molar-refractivity contribution in [1.29, 1.82) is 0 Å². The van der Waals surface area contributed by atoms with Gasteiger partial charge in [-0.2, -0.15) is 0 Å². The van der Waals surface area contributed by atoms with Gasteiger partial charge in [0.15, 0.2) is 6.23 Å². The number of aliphatic hydroxyl groups is 1. The Bertz CT molecular complexity index is 861. The van der Waals surface area contributed by atoms with Gasteiger partial charge in [-0.05, 0) is 31.0 Å². The molecule has 7 heteroatoms. The molecule has 2 aliphatic rings. The van der Waals surface area contributed by atoms with Crippen LogP contribution in [-0.4, -0.2) is 39.9 Å². The van der Waals surface area contributed by atoms with Crippen LogP contribution in [0.2, 0.25) is 0 Å². The lowest BCUT2D eigenvalue weighted by Gasteiger charge is -2.28. The molecule has 7 nitrogen and oxygen atoms in total. The number of unbranched alkanes of at least 4 members (excludes halogenated alkanes) is 1. The normalized spacial score (nSPS) is 18.3. The van der Waals surface area contributed by atoms with Gasteiger partial charge in [0.05, 0.1) is 16.8 Å². The SMILES string of the molecule is O=C1c2ccccc2C(=O)N1CCCCN1N=Nc2ccccc2C1O. The van der Waals surface area contributed by atoms with E-state index in [9.17, 15) is 14.7 Å². The number of rotatable bonds is 5. The molecular weight excluding hydrogens is 332 g/mol. The zero-order valence-corrected chi connectivity index (χ0v) is 14.1. The van der Waals surface area contributed by atoms with Gasteiger partial charge in [0.25, 0.3) is 11.8 Å². The average molecular weight is 350 g/mol. The Balaban J connectivity index is 1.32. The first-order valence-electron chi connectivity index (χ1n) is 8.57. The molecule has 0 fully saturated rings. The number of hydrogen-bond acceptors (Lipinski definition) is 6. The van der Waals surface area contributed by atoms with Gasteiger partial charge in [-0.3, -0.25) is 14.5 Å². The second-order valence-corrected chi connectivity index (χ2v) is 6.30. The lowest BCUT2D eigenvalue weighted by atomic mass is 10.1. The van der Waals surface area contributed by atoms with Crippen LogP contribution in [0.15, 0.2) is 58.9 Å². The van der Waals surface area contributed by atoms with E-state index in [1.165, 1.54) is 9.91 Å². The Morgan fingerprint density at radius 3 is 2.23 bits per heavy atom. The quantitative estimate of drug-likeness (QED) is 0.663. The molecule has 0 aromatic heterocycles. The maximum absolute atomic E-state index is 12.3. The van der Waals surface area contributed by atoms with Crippen LogP contribution in [0, 0.1) is 0 Å². The summed E-state index contributed by atoms with van der Waals surface area (Å²) in [6.45, 7) is 0.839. The van der Waals surface area contributed by atoms with Gasteiger partial charge >= 0.3 is 0 Å². The van der Waals surface area contributed by atoms with E-state index in [-0.39, 0.29) is 11.8 Å². The van der Waals surface area contributed by atoms with E-state index in [1.807, 2.05) is 24.3 Å². The van der Waals surface area contributed by atoms with Crippen molar-refractivity contribution in [3.8, 4) is 0 Å². The average Bonchev–Trinajstić information content (AvgIpc) is 2.92. The highest BCUT2D eigenvalue weighted by molar-refractivity contribution is 6.21. The van der Waals surface area contributed by atoms with Gasteiger partial charge < -0.3 is 5.11 Å². The molecule has 2 amide bonds. The first kappa shape index (κ1) is 16.4.